The number of thioether (sulfide) groups is 1. The lowest BCUT2D eigenvalue weighted by molar-refractivity contribution is -0.683. The minimum Gasteiger partial charge on any atom is -0.301 e. The van der Waals surface area contributed by atoms with E-state index in [-0.39, 0.29) is 21.8 Å². The van der Waals surface area contributed by atoms with Crippen molar-refractivity contribution in [1.29, 1.82) is 0 Å². The number of aryl methyl sites for hydroxylation is 1. The molecule has 1 aromatic carbocycles. The van der Waals surface area contributed by atoms with E-state index in [9.17, 15) is 14.9 Å². The van der Waals surface area contributed by atoms with Gasteiger partial charge in [-0.25, -0.2) is 14.5 Å². The Morgan fingerprint density at radius 3 is 3.00 bits per heavy atom. The van der Waals surface area contributed by atoms with Crippen molar-refractivity contribution in [3.63, 3.8) is 0 Å². The van der Waals surface area contributed by atoms with Crippen molar-refractivity contribution < 1.29 is 14.3 Å². The Hall–Kier alpha value is -2.46. The summed E-state index contributed by atoms with van der Waals surface area (Å²) in [5, 5.41) is 14.1. The minimum absolute atomic E-state index is 0.102. The number of fused-ring (bicyclic) bond motifs is 1. The highest BCUT2D eigenvalue weighted by Gasteiger charge is 2.18. The fraction of sp³-hybridized carbons (Fsp3) is 0.154. The van der Waals surface area contributed by atoms with Crippen LogP contribution in [0.1, 0.15) is 0 Å². The van der Waals surface area contributed by atoms with Gasteiger partial charge in [-0.2, -0.15) is 0 Å². The Labute approximate surface area is 138 Å². The monoisotopic (exact) mass is 350 g/mol. The smallest absolute Gasteiger partial charge is 0.301 e. The summed E-state index contributed by atoms with van der Waals surface area (Å²) in [4.78, 5) is 29.0. The molecule has 0 radical (unpaired) electrons. The second kappa shape index (κ2) is 6.34. The zero-order valence-corrected chi connectivity index (χ0v) is 13.6. The highest BCUT2D eigenvalue weighted by Crippen LogP contribution is 2.25. The molecule has 3 rings (SSSR count). The van der Waals surface area contributed by atoms with Crippen molar-refractivity contribution in [2.75, 3.05) is 11.1 Å². The van der Waals surface area contributed by atoms with Crippen LogP contribution in [-0.4, -0.2) is 26.6 Å². The number of aromatic nitrogens is 3. The van der Waals surface area contributed by atoms with E-state index >= 15 is 0 Å². The van der Waals surface area contributed by atoms with Gasteiger partial charge in [0.05, 0.1) is 17.7 Å². The molecule has 0 fully saturated rings. The zero-order chi connectivity index (χ0) is 16.4. The van der Waals surface area contributed by atoms with Gasteiger partial charge in [0.1, 0.15) is 6.20 Å². The summed E-state index contributed by atoms with van der Waals surface area (Å²) >= 11 is 2.19. The van der Waals surface area contributed by atoms with E-state index < -0.39 is 4.92 Å². The number of H-pyrrole nitrogens is 1. The summed E-state index contributed by atoms with van der Waals surface area (Å²) in [6, 6.07) is 7.85. The third kappa shape index (κ3) is 3.32. The fourth-order valence-corrected chi connectivity index (χ4v) is 3.47. The van der Waals surface area contributed by atoms with Gasteiger partial charge in [0, 0.05) is 0 Å². The molecule has 2 heterocycles. The first-order valence-corrected chi connectivity index (χ1v) is 8.34. The van der Waals surface area contributed by atoms with E-state index in [1.807, 2.05) is 35.9 Å². The molecule has 0 bridgehead atoms. The molecule has 0 unspecified atom stereocenters. The zero-order valence-electron chi connectivity index (χ0n) is 12.0. The molecule has 0 spiro atoms. The number of amides is 1. The van der Waals surface area contributed by atoms with Crippen molar-refractivity contribution in [1.82, 2.24) is 9.97 Å². The Bertz CT molecular complexity index is 889. The molecule has 0 saturated heterocycles. The molecule has 118 valence electrons. The van der Waals surface area contributed by atoms with E-state index in [0.29, 0.717) is 0 Å². The SMILES string of the molecule is C[n+]1c(SCC(=O)Nc2ncc([N+](=O)[O-])s2)[nH]c2ccccc21. The van der Waals surface area contributed by atoms with Crippen LogP contribution in [0.4, 0.5) is 10.1 Å². The van der Waals surface area contributed by atoms with Crippen molar-refractivity contribution in [3.05, 3.63) is 40.6 Å². The first-order valence-electron chi connectivity index (χ1n) is 6.54. The number of nitro groups is 1. The maximum absolute atomic E-state index is 11.9. The van der Waals surface area contributed by atoms with Gasteiger partial charge in [0.2, 0.25) is 5.91 Å². The number of hydrogen-bond acceptors (Lipinski definition) is 6. The number of carbonyl (C=O) groups is 1. The van der Waals surface area contributed by atoms with Gasteiger partial charge in [0.25, 0.3) is 0 Å². The average molecular weight is 350 g/mol. The second-order valence-electron chi connectivity index (χ2n) is 4.60. The number of nitrogens with one attached hydrogen (secondary N) is 2. The molecule has 23 heavy (non-hydrogen) atoms. The lowest BCUT2D eigenvalue weighted by atomic mass is 10.3. The molecule has 0 atom stereocenters. The molecule has 0 saturated carbocycles. The van der Waals surface area contributed by atoms with E-state index in [1.54, 1.807) is 0 Å². The van der Waals surface area contributed by atoms with Crippen molar-refractivity contribution >= 4 is 50.2 Å². The van der Waals surface area contributed by atoms with Gasteiger partial charge in [0.15, 0.2) is 16.2 Å². The summed E-state index contributed by atoms with van der Waals surface area (Å²) in [5.74, 6) is -0.0912. The molecule has 1 amide bonds. The van der Waals surface area contributed by atoms with Gasteiger partial charge in [-0.1, -0.05) is 12.1 Å². The fourth-order valence-electron chi connectivity index (χ4n) is 2.01. The Morgan fingerprint density at radius 2 is 2.30 bits per heavy atom. The molecule has 2 N–H and O–H groups in total. The van der Waals surface area contributed by atoms with Crippen LogP contribution in [0.3, 0.4) is 0 Å². The molecular weight excluding hydrogens is 338 g/mol. The predicted octanol–water partition coefficient (Wildman–Crippen LogP) is 2.09. The summed E-state index contributed by atoms with van der Waals surface area (Å²) in [5.41, 5.74) is 2.04. The molecular formula is C13H12N5O3S2+. The van der Waals surface area contributed by atoms with E-state index in [0.717, 1.165) is 33.7 Å². The largest absolute Gasteiger partial charge is 0.345 e. The summed E-state index contributed by atoms with van der Waals surface area (Å²) in [7, 11) is 1.92. The highest BCUT2D eigenvalue weighted by atomic mass is 32.2. The van der Waals surface area contributed by atoms with Gasteiger partial charge < -0.3 is 5.32 Å². The van der Waals surface area contributed by atoms with Crippen LogP contribution in [-0.2, 0) is 11.8 Å². The Morgan fingerprint density at radius 1 is 1.52 bits per heavy atom. The van der Waals surface area contributed by atoms with Crippen LogP contribution in [0.25, 0.3) is 11.0 Å². The van der Waals surface area contributed by atoms with Crippen LogP contribution in [0, 0.1) is 10.1 Å². The first-order chi connectivity index (χ1) is 11.0. The maximum Gasteiger partial charge on any atom is 0.345 e. The van der Waals surface area contributed by atoms with E-state index in [1.165, 1.54) is 11.8 Å². The number of para-hydroxylation sites is 2. The Balaban J connectivity index is 1.63. The average Bonchev–Trinajstić information content (AvgIpc) is 3.11. The molecule has 0 aliphatic rings. The minimum atomic E-state index is -0.535. The number of benzene rings is 1. The first kappa shape index (κ1) is 15.4. The van der Waals surface area contributed by atoms with Gasteiger partial charge in [-0.15, -0.1) is 0 Å². The van der Waals surface area contributed by atoms with Gasteiger partial charge >= 0.3 is 10.2 Å². The van der Waals surface area contributed by atoms with Gasteiger partial charge in [-0.3, -0.25) is 14.9 Å². The van der Waals surface area contributed by atoms with Crippen LogP contribution in [0.15, 0.2) is 35.6 Å². The normalized spacial score (nSPS) is 10.8. The standard InChI is InChI=1S/C13H11N5O3S2/c1-17-9-5-3-2-4-8(9)15-13(17)22-7-10(19)16-12-14-6-11(23-12)18(20)21/h2-6H,7H2,1H3,(H,14,16,19)/p+1. The highest BCUT2D eigenvalue weighted by molar-refractivity contribution is 7.99. The van der Waals surface area contributed by atoms with Crippen LogP contribution < -0.4 is 9.88 Å². The number of aromatic amines is 1. The number of hydrogen-bond donors (Lipinski definition) is 2. The molecule has 2 aromatic heterocycles. The van der Waals surface area contributed by atoms with Crippen LogP contribution in [0.5, 0.6) is 0 Å². The maximum atomic E-state index is 11.9. The molecule has 0 aliphatic carbocycles. The quantitative estimate of drug-likeness (QED) is 0.317. The number of anilines is 1. The second-order valence-corrected chi connectivity index (χ2v) is 6.58. The predicted molar refractivity (Wildman–Crippen MR) is 87.6 cm³/mol. The molecule has 3 aromatic rings. The van der Waals surface area contributed by atoms with Crippen molar-refractivity contribution in [3.8, 4) is 0 Å². The number of imidazole rings is 1. The topological polar surface area (TPSA) is 105 Å². The third-order valence-electron chi connectivity index (χ3n) is 3.07. The number of thiazole rings is 1. The lowest BCUT2D eigenvalue weighted by Gasteiger charge is -1.98. The lowest BCUT2D eigenvalue weighted by Crippen LogP contribution is -2.29. The summed E-state index contributed by atoms with van der Waals surface area (Å²) < 4.78 is 1.97. The van der Waals surface area contributed by atoms with Crippen molar-refractivity contribution in [2.24, 2.45) is 7.05 Å². The number of nitrogens with zero attached hydrogens (tertiary/aromatic N) is 3. The van der Waals surface area contributed by atoms with Crippen LogP contribution >= 0.6 is 23.1 Å². The molecule has 8 nitrogen and oxygen atoms in total. The van der Waals surface area contributed by atoms with Gasteiger partial charge in [-0.05, 0) is 35.2 Å². The Kier molecular flexibility index (Phi) is 4.26. The van der Waals surface area contributed by atoms with E-state index in [2.05, 4.69) is 15.3 Å². The number of rotatable bonds is 5. The summed E-state index contributed by atoms with van der Waals surface area (Å²) in [6.45, 7) is 0. The summed E-state index contributed by atoms with van der Waals surface area (Å²) in [6.07, 6.45) is 1.13. The molecule has 10 heteroatoms. The van der Waals surface area contributed by atoms with Crippen molar-refractivity contribution in [2.45, 2.75) is 5.16 Å². The third-order valence-corrected chi connectivity index (χ3v) is 4.99. The number of carbonyl (C=O) groups excluding carboxylic acids is 1. The van der Waals surface area contributed by atoms with E-state index in [4.69, 9.17) is 0 Å². The van der Waals surface area contributed by atoms with Crippen LogP contribution in [0.2, 0.25) is 0 Å². The molecule has 0 aliphatic heterocycles.